The van der Waals surface area contributed by atoms with Gasteiger partial charge in [-0.1, -0.05) is 47.0 Å². The molecule has 1 heterocycles. The van der Waals surface area contributed by atoms with E-state index in [1.165, 1.54) is 36.4 Å². The molecular weight excluding hydrogens is 252 g/mol. The second-order valence-corrected chi connectivity index (χ2v) is 7.98. The van der Waals surface area contributed by atoms with Crippen molar-refractivity contribution in [3.63, 3.8) is 0 Å². The average Bonchev–Trinajstić information content (AvgIpc) is 2.82. The summed E-state index contributed by atoms with van der Waals surface area (Å²) < 4.78 is 0. The van der Waals surface area contributed by atoms with Crippen LogP contribution in [0.15, 0.2) is 5.38 Å². The molecule has 0 saturated heterocycles. The predicted octanol–water partition coefficient (Wildman–Crippen LogP) is 4.31. The van der Waals surface area contributed by atoms with Crippen molar-refractivity contribution in [2.45, 2.75) is 64.7 Å². The molecule has 1 saturated carbocycles. The van der Waals surface area contributed by atoms with Crippen molar-refractivity contribution in [3.05, 3.63) is 16.1 Å². The quantitative estimate of drug-likeness (QED) is 0.896. The predicted molar refractivity (Wildman–Crippen MR) is 83.7 cm³/mol. The number of hydrogen-bond acceptors (Lipinski definition) is 3. The lowest BCUT2D eigenvalue weighted by Crippen LogP contribution is -2.29. The number of aromatic nitrogens is 1. The zero-order valence-electron chi connectivity index (χ0n) is 12.8. The first-order valence-corrected chi connectivity index (χ1v) is 8.47. The Hall–Kier alpha value is -0.410. The van der Waals surface area contributed by atoms with E-state index in [1.54, 1.807) is 0 Å². The van der Waals surface area contributed by atoms with Crippen LogP contribution >= 0.6 is 11.3 Å². The highest BCUT2D eigenvalue weighted by molar-refractivity contribution is 7.09. The van der Waals surface area contributed by atoms with Gasteiger partial charge in [-0.25, -0.2) is 4.98 Å². The molecule has 0 aromatic carbocycles. The molecule has 19 heavy (non-hydrogen) atoms. The Morgan fingerprint density at radius 2 is 2.05 bits per heavy atom. The van der Waals surface area contributed by atoms with Crippen LogP contribution in [0, 0.1) is 11.8 Å². The Balaban J connectivity index is 2.19. The lowest BCUT2D eigenvalue weighted by molar-refractivity contribution is 0.218. The minimum atomic E-state index is 0.145. The van der Waals surface area contributed by atoms with E-state index in [2.05, 4.69) is 33.1 Å². The standard InChI is InChI=1S/C16H28N2S/c1-11-7-5-6-8-12(11)13(9-17)15-18-14(10-19-15)16(2,3)4/h10-13H,5-9,17H2,1-4H3. The van der Waals surface area contributed by atoms with Gasteiger partial charge in [0.05, 0.1) is 10.7 Å². The summed E-state index contributed by atoms with van der Waals surface area (Å²) in [6.45, 7) is 9.82. The fourth-order valence-corrected chi connectivity index (χ4v) is 4.44. The van der Waals surface area contributed by atoms with Gasteiger partial charge in [-0.05, 0) is 18.3 Å². The molecule has 1 aromatic heterocycles. The number of thiazole rings is 1. The summed E-state index contributed by atoms with van der Waals surface area (Å²) in [4.78, 5) is 4.90. The molecule has 1 aliphatic carbocycles. The van der Waals surface area contributed by atoms with Gasteiger partial charge in [0.25, 0.3) is 0 Å². The van der Waals surface area contributed by atoms with Crippen LogP contribution < -0.4 is 5.73 Å². The molecule has 2 nitrogen and oxygen atoms in total. The Bertz CT molecular complexity index is 405. The third kappa shape index (κ3) is 3.38. The van der Waals surface area contributed by atoms with Crippen molar-refractivity contribution >= 4 is 11.3 Å². The molecule has 0 radical (unpaired) electrons. The van der Waals surface area contributed by atoms with Gasteiger partial charge in [0, 0.05) is 23.3 Å². The molecule has 1 aromatic rings. The topological polar surface area (TPSA) is 38.9 Å². The van der Waals surface area contributed by atoms with Crippen molar-refractivity contribution < 1.29 is 0 Å². The van der Waals surface area contributed by atoms with Gasteiger partial charge < -0.3 is 5.73 Å². The molecule has 1 aliphatic rings. The molecule has 3 atom stereocenters. The highest BCUT2D eigenvalue weighted by Gasteiger charge is 2.31. The molecule has 3 heteroatoms. The summed E-state index contributed by atoms with van der Waals surface area (Å²) >= 11 is 1.81. The normalized spacial score (nSPS) is 26.4. The van der Waals surface area contributed by atoms with Crippen LogP contribution in [-0.2, 0) is 5.41 Å². The maximum Gasteiger partial charge on any atom is 0.0975 e. The van der Waals surface area contributed by atoms with Crippen molar-refractivity contribution in [1.29, 1.82) is 0 Å². The highest BCUT2D eigenvalue weighted by Crippen LogP contribution is 2.40. The van der Waals surface area contributed by atoms with E-state index in [0.29, 0.717) is 5.92 Å². The first kappa shape index (κ1) is 15.0. The minimum absolute atomic E-state index is 0.145. The Kier molecular flexibility index (Phi) is 4.67. The number of hydrogen-bond donors (Lipinski definition) is 1. The van der Waals surface area contributed by atoms with E-state index in [0.717, 1.165) is 18.4 Å². The third-order valence-electron chi connectivity index (χ3n) is 4.56. The summed E-state index contributed by atoms with van der Waals surface area (Å²) in [5.41, 5.74) is 7.44. The van der Waals surface area contributed by atoms with Gasteiger partial charge in [-0.3, -0.25) is 0 Å². The van der Waals surface area contributed by atoms with E-state index in [9.17, 15) is 0 Å². The van der Waals surface area contributed by atoms with Crippen molar-refractivity contribution in [2.75, 3.05) is 6.54 Å². The SMILES string of the molecule is CC1CCCCC1C(CN)c1nc(C(C)(C)C)cs1. The maximum absolute atomic E-state index is 6.08. The molecule has 0 amide bonds. The summed E-state index contributed by atoms with van der Waals surface area (Å²) in [5.74, 6) is 2.00. The molecule has 0 aliphatic heterocycles. The van der Waals surface area contributed by atoms with Crippen molar-refractivity contribution in [3.8, 4) is 0 Å². The van der Waals surface area contributed by atoms with Gasteiger partial charge in [0.1, 0.15) is 0 Å². The van der Waals surface area contributed by atoms with Crippen LogP contribution in [0.25, 0.3) is 0 Å². The monoisotopic (exact) mass is 280 g/mol. The van der Waals surface area contributed by atoms with Crippen LogP contribution in [0.5, 0.6) is 0 Å². The van der Waals surface area contributed by atoms with Gasteiger partial charge in [-0.2, -0.15) is 0 Å². The average molecular weight is 280 g/mol. The van der Waals surface area contributed by atoms with Crippen LogP contribution in [0.3, 0.4) is 0 Å². The van der Waals surface area contributed by atoms with E-state index in [4.69, 9.17) is 10.7 Å². The van der Waals surface area contributed by atoms with Crippen molar-refractivity contribution in [2.24, 2.45) is 17.6 Å². The summed E-state index contributed by atoms with van der Waals surface area (Å²) in [7, 11) is 0. The zero-order valence-corrected chi connectivity index (χ0v) is 13.6. The molecule has 0 bridgehead atoms. The molecule has 2 N–H and O–H groups in total. The Labute approximate surface area is 121 Å². The van der Waals surface area contributed by atoms with Gasteiger partial charge in [-0.15, -0.1) is 11.3 Å². The van der Waals surface area contributed by atoms with Crippen molar-refractivity contribution in [1.82, 2.24) is 4.98 Å². The van der Waals surface area contributed by atoms with Crippen LogP contribution in [0.4, 0.5) is 0 Å². The molecular formula is C16H28N2S. The minimum Gasteiger partial charge on any atom is -0.330 e. The third-order valence-corrected chi connectivity index (χ3v) is 5.53. The van der Waals surface area contributed by atoms with Crippen LogP contribution in [0.2, 0.25) is 0 Å². The van der Waals surface area contributed by atoms with E-state index in [-0.39, 0.29) is 5.41 Å². The van der Waals surface area contributed by atoms with E-state index < -0.39 is 0 Å². The van der Waals surface area contributed by atoms with Gasteiger partial charge in [0.2, 0.25) is 0 Å². The van der Waals surface area contributed by atoms with E-state index >= 15 is 0 Å². The molecule has 0 spiro atoms. The lowest BCUT2D eigenvalue weighted by Gasteiger charge is -2.34. The molecule has 3 unspecified atom stereocenters. The largest absolute Gasteiger partial charge is 0.330 e. The lowest BCUT2D eigenvalue weighted by atomic mass is 9.73. The fraction of sp³-hybridized carbons (Fsp3) is 0.812. The first-order valence-electron chi connectivity index (χ1n) is 7.59. The number of rotatable bonds is 3. The number of nitrogens with two attached hydrogens (primary N) is 1. The first-order chi connectivity index (χ1) is 8.93. The molecule has 108 valence electrons. The van der Waals surface area contributed by atoms with E-state index in [1.807, 2.05) is 11.3 Å². The maximum atomic E-state index is 6.08. The van der Waals surface area contributed by atoms with Crippen LogP contribution in [0.1, 0.15) is 70.0 Å². The Morgan fingerprint density at radius 3 is 2.58 bits per heavy atom. The van der Waals surface area contributed by atoms with Gasteiger partial charge in [0.15, 0.2) is 0 Å². The number of nitrogens with zero attached hydrogens (tertiary/aromatic N) is 1. The Morgan fingerprint density at radius 1 is 1.37 bits per heavy atom. The summed E-state index contributed by atoms with van der Waals surface area (Å²) in [6, 6.07) is 0. The second kappa shape index (κ2) is 5.92. The zero-order chi connectivity index (χ0) is 14.0. The molecule has 1 fully saturated rings. The smallest absolute Gasteiger partial charge is 0.0975 e. The highest BCUT2D eigenvalue weighted by atomic mass is 32.1. The second-order valence-electron chi connectivity index (χ2n) is 7.09. The summed E-state index contributed by atoms with van der Waals surface area (Å²) in [5, 5.41) is 3.50. The summed E-state index contributed by atoms with van der Waals surface area (Å²) in [6.07, 6.45) is 5.44. The fourth-order valence-electron chi connectivity index (χ4n) is 3.20. The van der Waals surface area contributed by atoms with Crippen LogP contribution in [-0.4, -0.2) is 11.5 Å². The molecule has 2 rings (SSSR count). The van der Waals surface area contributed by atoms with Gasteiger partial charge >= 0.3 is 0 Å².